The molecule has 148 valence electrons. The van der Waals surface area contributed by atoms with Crippen LogP contribution in [0, 0.1) is 0 Å². The summed E-state index contributed by atoms with van der Waals surface area (Å²) in [6.45, 7) is 7.98. The molecule has 5 heteroatoms. The summed E-state index contributed by atoms with van der Waals surface area (Å²) in [5.41, 5.74) is 3.37. The maximum absolute atomic E-state index is 12.5. The molecular formula is C23H28ClN3O. The summed E-state index contributed by atoms with van der Waals surface area (Å²) in [5.74, 6) is 0.179. The Labute approximate surface area is 172 Å². The molecule has 0 atom stereocenters. The number of carbonyl (C=O) groups is 1. The average molecular weight is 398 g/mol. The molecule has 0 radical (unpaired) electrons. The smallest absolute Gasteiger partial charge is 0.253 e. The van der Waals surface area contributed by atoms with Crippen molar-refractivity contribution in [3.63, 3.8) is 0 Å². The molecule has 2 aliphatic rings. The third kappa shape index (κ3) is 4.93. The third-order valence-corrected chi connectivity index (χ3v) is 6.00. The number of hydrogen-bond acceptors (Lipinski definition) is 3. The minimum atomic E-state index is 0.179. The van der Waals surface area contributed by atoms with E-state index in [0.29, 0.717) is 0 Å². The van der Waals surface area contributed by atoms with Crippen LogP contribution in [0.1, 0.15) is 34.3 Å². The van der Waals surface area contributed by atoms with E-state index in [4.69, 9.17) is 11.6 Å². The van der Waals surface area contributed by atoms with Crippen molar-refractivity contribution in [3.8, 4) is 0 Å². The Morgan fingerprint density at radius 3 is 2.00 bits per heavy atom. The summed E-state index contributed by atoms with van der Waals surface area (Å²) in [5, 5.41) is 0.808. The molecule has 4 nitrogen and oxygen atoms in total. The molecule has 1 amide bonds. The van der Waals surface area contributed by atoms with E-state index in [2.05, 4.69) is 34.1 Å². The topological polar surface area (TPSA) is 26.8 Å². The fourth-order valence-electron chi connectivity index (χ4n) is 4.11. The molecule has 2 heterocycles. The van der Waals surface area contributed by atoms with Gasteiger partial charge >= 0.3 is 0 Å². The second-order valence-corrected chi connectivity index (χ2v) is 8.31. The van der Waals surface area contributed by atoms with Gasteiger partial charge in [-0.25, -0.2) is 0 Å². The molecule has 0 aromatic heterocycles. The molecule has 0 bridgehead atoms. The van der Waals surface area contributed by atoms with Crippen LogP contribution in [-0.4, -0.2) is 59.9 Å². The van der Waals surface area contributed by atoms with Gasteiger partial charge in [0.2, 0.25) is 0 Å². The van der Waals surface area contributed by atoms with Crippen LogP contribution in [0.4, 0.5) is 0 Å². The molecule has 2 fully saturated rings. The average Bonchev–Trinajstić information content (AvgIpc) is 3.24. The van der Waals surface area contributed by atoms with Gasteiger partial charge in [0.1, 0.15) is 0 Å². The highest BCUT2D eigenvalue weighted by molar-refractivity contribution is 6.30. The number of amides is 1. The Kier molecular flexibility index (Phi) is 6.30. The minimum absolute atomic E-state index is 0.179. The van der Waals surface area contributed by atoms with Crippen LogP contribution in [-0.2, 0) is 13.1 Å². The molecule has 2 aromatic carbocycles. The number of carbonyl (C=O) groups excluding carboxylic acids is 1. The molecule has 28 heavy (non-hydrogen) atoms. The van der Waals surface area contributed by atoms with Gasteiger partial charge in [-0.2, -0.15) is 0 Å². The normalized spacial score (nSPS) is 18.5. The van der Waals surface area contributed by atoms with Gasteiger partial charge in [0.15, 0.2) is 0 Å². The van der Waals surface area contributed by atoms with E-state index in [-0.39, 0.29) is 5.91 Å². The van der Waals surface area contributed by atoms with Crippen molar-refractivity contribution in [2.45, 2.75) is 25.9 Å². The summed E-state index contributed by atoms with van der Waals surface area (Å²) in [6, 6.07) is 16.3. The van der Waals surface area contributed by atoms with Crippen LogP contribution in [0.25, 0.3) is 0 Å². The molecule has 0 unspecified atom stereocenters. The first kappa shape index (κ1) is 19.4. The van der Waals surface area contributed by atoms with Crippen LogP contribution in [0.15, 0.2) is 48.5 Å². The lowest BCUT2D eigenvalue weighted by atomic mass is 10.1. The fourth-order valence-corrected chi connectivity index (χ4v) is 4.33. The van der Waals surface area contributed by atoms with Crippen LogP contribution >= 0.6 is 11.6 Å². The number of nitrogens with zero attached hydrogens (tertiary/aromatic N) is 3. The zero-order valence-corrected chi connectivity index (χ0v) is 17.1. The predicted octanol–water partition coefficient (Wildman–Crippen LogP) is 3.89. The standard InChI is InChI=1S/C23H28ClN3O/c24-22-5-3-4-20(16-22)18-26-14-12-25(13-15-26)17-19-6-8-21(9-7-19)23(28)27-10-1-2-11-27/h3-9,16H,1-2,10-15,17-18H2. The second kappa shape index (κ2) is 9.08. The quantitative estimate of drug-likeness (QED) is 0.765. The van der Waals surface area contributed by atoms with Crippen molar-refractivity contribution < 1.29 is 4.79 Å². The fraction of sp³-hybridized carbons (Fsp3) is 0.435. The zero-order valence-electron chi connectivity index (χ0n) is 16.3. The number of halogens is 1. The molecular weight excluding hydrogens is 370 g/mol. The summed E-state index contributed by atoms with van der Waals surface area (Å²) in [4.78, 5) is 19.4. The van der Waals surface area contributed by atoms with Gasteiger partial charge in [0.05, 0.1) is 0 Å². The second-order valence-electron chi connectivity index (χ2n) is 7.88. The number of rotatable bonds is 5. The molecule has 2 aliphatic heterocycles. The van der Waals surface area contributed by atoms with Gasteiger partial charge in [-0.05, 0) is 48.2 Å². The Hall–Kier alpha value is -1.88. The first-order chi connectivity index (χ1) is 13.7. The molecule has 2 aromatic rings. The number of piperazine rings is 1. The van der Waals surface area contributed by atoms with Crippen molar-refractivity contribution in [3.05, 3.63) is 70.2 Å². The lowest BCUT2D eigenvalue weighted by molar-refractivity contribution is 0.0792. The first-order valence-electron chi connectivity index (χ1n) is 10.2. The monoisotopic (exact) mass is 397 g/mol. The van der Waals surface area contributed by atoms with E-state index >= 15 is 0 Å². The summed E-state index contributed by atoms with van der Waals surface area (Å²) in [7, 11) is 0. The maximum atomic E-state index is 12.5. The Balaban J connectivity index is 1.26. The molecule has 4 rings (SSSR count). The number of benzene rings is 2. The van der Waals surface area contributed by atoms with Gasteiger partial charge in [0.25, 0.3) is 5.91 Å². The van der Waals surface area contributed by atoms with Crippen molar-refractivity contribution >= 4 is 17.5 Å². The van der Waals surface area contributed by atoms with Crippen molar-refractivity contribution in [2.24, 2.45) is 0 Å². The van der Waals surface area contributed by atoms with E-state index < -0.39 is 0 Å². The molecule has 0 aliphatic carbocycles. The molecule has 2 saturated heterocycles. The molecule has 0 N–H and O–H groups in total. The van der Waals surface area contributed by atoms with Gasteiger partial charge < -0.3 is 4.90 Å². The lowest BCUT2D eigenvalue weighted by Gasteiger charge is -2.34. The summed E-state index contributed by atoms with van der Waals surface area (Å²) in [6.07, 6.45) is 2.26. The first-order valence-corrected chi connectivity index (χ1v) is 10.6. The van der Waals surface area contributed by atoms with Crippen LogP contribution in [0.5, 0.6) is 0 Å². The van der Waals surface area contributed by atoms with Crippen molar-refractivity contribution in [1.82, 2.24) is 14.7 Å². The summed E-state index contributed by atoms with van der Waals surface area (Å²) < 4.78 is 0. The lowest BCUT2D eigenvalue weighted by Crippen LogP contribution is -2.45. The van der Waals surface area contributed by atoms with E-state index in [0.717, 1.165) is 75.8 Å². The zero-order chi connectivity index (χ0) is 19.3. The SMILES string of the molecule is O=C(c1ccc(CN2CCN(Cc3cccc(Cl)c3)CC2)cc1)N1CCCC1. The van der Waals surface area contributed by atoms with E-state index in [1.807, 2.05) is 29.2 Å². The Morgan fingerprint density at radius 1 is 0.786 bits per heavy atom. The van der Waals surface area contributed by atoms with E-state index in [1.54, 1.807) is 0 Å². The highest BCUT2D eigenvalue weighted by atomic mass is 35.5. The summed E-state index contributed by atoms with van der Waals surface area (Å²) >= 11 is 6.09. The third-order valence-electron chi connectivity index (χ3n) is 5.76. The Bertz CT molecular complexity index is 794. The maximum Gasteiger partial charge on any atom is 0.253 e. The highest BCUT2D eigenvalue weighted by Gasteiger charge is 2.20. The van der Waals surface area contributed by atoms with Gasteiger partial charge in [-0.1, -0.05) is 35.9 Å². The number of likely N-dealkylation sites (tertiary alicyclic amines) is 1. The minimum Gasteiger partial charge on any atom is -0.339 e. The highest BCUT2D eigenvalue weighted by Crippen LogP contribution is 2.17. The van der Waals surface area contributed by atoms with Gasteiger partial charge in [-0.15, -0.1) is 0 Å². The van der Waals surface area contributed by atoms with Crippen molar-refractivity contribution in [1.29, 1.82) is 0 Å². The predicted molar refractivity (Wildman–Crippen MR) is 114 cm³/mol. The molecule has 0 saturated carbocycles. The van der Waals surface area contributed by atoms with E-state index in [1.165, 1.54) is 11.1 Å². The Morgan fingerprint density at radius 2 is 1.39 bits per heavy atom. The number of hydrogen-bond donors (Lipinski definition) is 0. The molecule has 0 spiro atoms. The van der Waals surface area contributed by atoms with Gasteiger partial charge in [0, 0.05) is 62.9 Å². The van der Waals surface area contributed by atoms with E-state index in [9.17, 15) is 4.79 Å². The van der Waals surface area contributed by atoms with Crippen LogP contribution in [0.2, 0.25) is 5.02 Å². The largest absolute Gasteiger partial charge is 0.339 e. The van der Waals surface area contributed by atoms with Crippen LogP contribution < -0.4 is 0 Å². The van der Waals surface area contributed by atoms with Crippen LogP contribution in [0.3, 0.4) is 0 Å². The van der Waals surface area contributed by atoms with Gasteiger partial charge in [-0.3, -0.25) is 14.6 Å². The van der Waals surface area contributed by atoms with Crippen molar-refractivity contribution in [2.75, 3.05) is 39.3 Å².